The molecule has 0 bridgehead atoms. The van der Waals surface area contributed by atoms with E-state index in [0.29, 0.717) is 12.5 Å². The fourth-order valence-electron chi connectivity index (χ4n) is 2.87. The van der Waals surface area contributed by atoms with Gasteiger partial charge in [-0.2, -0.15) is 0 Å². The van der Waals surface area contributed by atoms with Crippen LogP contribution in [0, 0.1) is 11.3 Å². The number of nitrogens with one attached hydrogen (secondary N) is 2. The summed E-state index contributed by atoms with van der Waals surface area (Å²) >= 11 is 0. The summed E-state index contributed by atoms with van der Waals surface area (Å²) in [5.74, 6) is -0.514. The quantitative estimate of drug-likeness (QED) is 0.689. The van der Waals surface area contributed by atoms with E-state index >= 15 is 0 Å². The zero-order valence-corrected chi connectivity index (χ0v) is 13.0. The van der Waals surface area contributed by atoms with E-state index < -0.39 is 5.97 Å². The van der Waals surface area contributed by atoms with Gasteiger partial charge in [-0.05, 0) is 57.2 Å². The molecule has 1 aliphatic heterocycles. The molecule has 1 unspecified atom stereocenters. The Hall–Kier alpha value is -1.30. The predicted octanol–water partition coefficient (Wildman–Crippen LogP) is 1.27. The highest BCUT2D eigenvalue weighted by molar-refractivity contribution is 5.75. The number of carboxylic acid groups (broad SMARTS) is 1. The van der Waals surface area contributed by atoms with Crippen LogP contribution in [-0.4, -0.2) is 54.7 Å². The highest BCUT2D eigenvalue weighted by Gasteiger charge is 2.34. The zero-order valence-electron chi connectivity index (χ0n) is 13.0. The molecule has 0 spiro atoms. The van der Waals surface area contributed by atoms with Gasteiger partial charge < -0.3 is 20.6 Å². The molecule has 1 saturated heterocycles. The fraction of sp³-hybridized carbons (Fsp3) is 0.867. The molecule has 1 aliphatic carbocycles. The van der Waals surface area contributed by atoms with Gasteiger partial charge in [0.05, 0.1) is 6.42 Å². The Morgan fingerprint density at radius 3 is 2.48 bits per heavy atom. The summed E-state index contributed by atoms with van der Waals surface area (Å²) in [4.78, 5) is 25.1. The number of hydrogen-bond donors (Lipinski definition) is 3. The second kappa shape index (κ2) is 6.64. The smallest absolute Gasteiger partial charge is 0.315 e. The molecule has 2 aliphatic rings. The topological polar surface area (TPSA) is 81.7 Å². The van der Waals surface area contributed by atoms with Gasteiger partial charge in [0.1, 0.15) is 0 Å². The molecule has 2 amide bonds. The van der Waals surface area contributed by atoms with Crippen molar-refractivity contribution in [3.05, 3.63) is 0 Å². The number of hydrogen-bond acceptors (Lipinski definition) is 3. The molecule has 6 heteroatoms. The first-order chi connectivity index (χ1) is 9.88. The van der Waals surface area contributed by atoms with Crippen LogP contribution in [0.5, 0.6) is 0 Å². The SMILES string of the molecule is CN1CCC(C)(CNC(=O)NC(CC(=O)O)C2CC2)CC1. The molecule has 2 fully saturated rings. The number of piperidine rings is 1. The molecular weight excluding hydrogens is 270 g/mol. The van der Waals surface area contributed by atoms with Gasteiger partial charge in [0.15, 0.2) is 0 Å². The number of carbonyl (C=O) groups excluding carboxylic acids is 1. The van der Waals surface area contributed by atoms with Gasteiger partial charge in [0.2, 0.25) is 0 Å². The van der Waals surface area contributed by atoms with Crippen LogP contribution in [-0.2, 0) is 4.79 Å². The number of nitrogens with zero attached hydrogens (tertiary/aromatic N) is 1. The van der Waals surface area contributed by atoms with Crippen molar-refractivity contribution in [2.24, 2.45) is 11.3 Å². The molecular formula is C15H27N3O3. The van der Waals surface area contributed by atoms with Gasteiger partial charge in [-0.3, -0.25) is 4.79 Å². The minimum atomic E-state index is -0.852. The monoisotopic (exact) mass is 297 g/mol. The summed E-state index contributed by atoms with van der Waals surface area (Å²) < 4.78 is 0. The highest BCUT2D eigenvalue weighted by atomic mass is 16.4. The normalized spacial score (nSPS) is 23.3. The van der Waals surface area contributed by atoms with Crippen LogP contribution in [0.4, 0.5) is 4.79 Å². The summed E-state index contributed by atoms with van der Waals surface area (Å²) in [5, 5.41) is 14.7. The summed E-state index contributed by atoms with van der Waals surface area (Å²) in [7, 11) is 2.12. The Labute approximate surface area is 126 Å². The van der Waals surface area contributed by atoms with Crippen LogP contribution < -0.4 is 10.6 Å². The maximum absolute atomic E-state index is 12.0. The zero-order chi connectivity index (χ0) is 15.5. The van der Waals surface area contributed by atoms with Crippen molar-refractivity contribution in [1.29, 1.82) is 0 Å². The number of aliphatic carboxylic acids is 1. The summed E-state index contributed by atoms with van der Waals surface area (Å²) in [5.41, 5.74) is 0.145. The van der Waals surface area contributed by atoms with Crippen molar-refractivity contribution in [2.75, 3.05) is 26.7 Å². The largest absolute Gasteiger partial charge is 0.481 e. The number of carboxylic acids is 1. The number of carbonyl (C=O) groups is 2. The van der Waals surface area contributed by atoms with E-state index in [-0.39, 0.29) is 23.9 Å². The Morgan fingerprint density at radius 1 is 1.33 bits per heavy atom. The number of rotatable bonds is 6. The molecule has 1 saturated carbocycles. The predicted molar refractivity (Wildman–Crippen MR) is 80.1 cm³/mol. The van der Waals surface area contributed by atoms with Crippen molar-refractivity contribution in [1.82, 2.24) is 15.5 Å². The van der Waals surface area contributed by atoms with Crippen LogP contribution in [0.2, 0.25) is 0 Å². The molecule has 120 valence electrons. The van der Waals surface area contributed by atoms with Crippen LogP contribution >= 0.6 is 0 Å². The van der Waals surface area contributed by atoms with Crippen LogP contribution in [0.1, 0.15) is 39.0 Å². The molecule has 21 heavy (non-hydrogen) atoms. The Balaban J connectivity index is 1.74. The third kappa shape index (κ3) is 5.19. The maximum Gasteiger partial charge on any atom is 0.315 e. The number of amides is 2. The lowest BCUT2D eigenvalue weighted by Crippen LogP contribution is -2.49. The van der Waals surface area contributed by atoms with E-state index in [2.05, 4.69) is 29.5 Å². The van der Waals surface area contributed by atoms with Gasteiger partial charge >= 0.3 is 12.0 Å². The lowest BCUT2D eigenvalue weighted by atomic mass is 9.80. The molecule has 0 aromatic carbocycles. The fourth-order valence-corrected chi connectivity index (χ4v) is 2.87. The molecule has 0 aromatic heterocycles. The first-order valence-electron chi connectivity index (χ1n) is 7.83. The van der Waals surface area contributed by atoms with Crippen molar-refractivity contribution >= 4 is 12.0 Å². The summed E-state index contributed by atoms with van der Waals surface area (Å²) in [6.07, 6.45) is 4.20. The van der Waals surface area contributed by atoms with Gasteiger partial charge in [0.25, 0.3) is 0 Å². The summed E-state index contributed by atoms with van der Waals surface area (Å²) in [6, 6.07) is -0.457. The van der Waals surface area contributed by atoms with Crippen molar-refractivity contribution in [3.63, 3.8) is 0 Å². The Kier molecular flexibility index (Phi) is 5.08. The summed E-state index contributed by atoms with van der Waals surface area (Å²) in [6.45, 7) is 4.97. The third-order valence-corrected chi connectivity index (χ3v) is 4.77. The average molecular weight is 297 g/mol. The lowest BCUT2D eigenvalue weighted by molar-refractivity contribution is -0.137. The second-order valence-corrected chi connectivity index (χ2v) is 6.98. The van der Waals surface area contributed by atoms with Crippen molar-refractivity contribution < 1.29 is 14.7 Å². The van der Waals surface area contributed by atoms with Crippen LogP contribution in [0.25, 0.3) is 0 Å². The van der Waals surface area contributed by atoms with Crippen LogP contribution in [0.15, 0.2) is 0 Å². The highest BCUT2D eigenvalue weighted by Crippen LogP contribution is 2.34. The molecule has 3 N–H and O–H groups in total. The molecule has 0 radical (unpaired) electrons. The van der Waals surface area contributed by atoms with Gasteiger partial charge in [0, 0.05) is 12.6 Å². The lowest BCUT2D eigenvalue weighted by Gasteiger charge is -2.38. The van der Waals surface area contributed by atoms with Gasteiger partial charge in [-0.15, -0.1) is 0 Å². The number of likely N-dealkylation sites (tertiary alicyclic amines) is 1. The van der Waals surface area contributed by atoms with E-state index in [9.17, 15) is 9.59 Å². The van der Waals surface area contributed by atoms with Gasteiger partial charge in [-0.25, -0.2) is 4.79 Å². The Morgan fingerprint density at radius 2 is 1.95 bits per heavy atom. The third-order valence-electron chi connectivity index (χ3n) is 4.77. The van der Waals surface area contributed by atoms with Gasteiger partial charge in [-0.1, -0.05) is 6.92 Å². The van der Waals surface area contributed by atoms with Crippen LogP contribution in [0.3, 0.4) is 0 Å². The minimum absolute atomic E-state index is 0.0140. The Bertz CT molecular complexity index is 388. The number of urea groups is 1. The van der Waals surface area contributed by atoms with E-state index in [1.807, 2.05) is 0 Å². The minimum Gasteiger partial charge on any atom is -0.481 e. The first-order valence-corrected chi connectivity index (χ1v) is 7.83. The molecule has 2 rings (SSSR count). The molecule has 0 aromatic rings. The molecule has 1 heterocycles. The van der Waals surface area contributed by atoms with E-state index in [4.69, 9.17) is 5.11 Å². The second-order valence-electron chi connectivity index (χ2n) is 6.98. The van der Waals surface area contributed by atoms with E-state index in [0.717, 1.165) is 38.8 Å². The average Bonchev–Trinajstić information content (AvgIpc) is 3.24. The standard InChI is InChI=1S/C15H27N3O3/c1-15(5-7-18(2)8-6-15)10-16-14(21)17-12(9-13(19)20)11-3-4-11/h11-12H,3-10H2,1-2H3,(H,19,20)(H2,16,17,21). The maximum atomic E-state index is 12.0. The van der Waals surface area contributed by atoms with E-state index in [1.165, 1.54) is 0 Å². The molecule has 1 atom stereocenters. The molecule has 6 nitrogen and oxygen atoms in total. The van der Waals surface area contributed by atoms with Crippen molar-refractivity contribution in [2.45, 2.75) is 45.1 Å². The van der Waals surface area contributed by atoms with Crippen molar-refractivity contribution in [3.8, 4) is 0 Å². The first kappa shape index (κ1) is 16.1. The van der Waals surface area contributed by atoms with E-state index in [1.54, 1.807) is 0 Å².